The lowest BCUT2D eigenvalue weighted by Gasteiger charge is -2.12. The zero-order chi connectivity index (χ0) is 17.1. The number of benzene rings is 2. The van der Waals surface area contributed by atoms with Crippen LogP contribution in [0.2, 0.25) is 5.02 Å². The van der Waals surface area contributed by atoms with Crippen LogP contribution in [0.25, 0.3) is 10.9 Å². The molecule has 6 heteroatoms. The molecule has 0 radical (unpaired) electrons. The monoisotopic (exact) mass is 375 g/mol. The van der Waals surface area contributed by atoms with Gasteiger partial charge in [0.05, 0.1) is 17.7 Å². The Bertz CT molecular complexity index is 896. The summed E-state index contributed by atoms with van der Waals surface area (Å²) in [5.74, 6) is -0.336. The number of pyridine rings is 1. The van der Waals surface area contributed by atoms with Crippen molar-refractivity contribution in [3.8, 4) is 0 Å². The standard InChI is InChI=1S/C19H17ClN2O2.ClH/c1-3-24-19(23)13-4-9-17-16(11-13)18(10-12(2)21-17)22-15-7-5-14(20)6-8-15;/h4-11H,3H2,1-2H3,(H,21,22);1H/p-1. The van der Waals surface area contributed by atoms with Crippen molar-refractivity contribution in [1.82, 2.24) is 4.98 Å². The number of halogens is 2. The number of nitrogens with one attached hydrogen (secondary N) is 1. The number of esters is 1. The summed E-state index contributed by atoms with van der Waals surface area (Å²) in [6.07, 6.45) is 0. The molecule has 0 unspecified atom stereocenters. The second-order valence-corrected chi connectivity index (χ2v) is 5.83. The number of aryl methyl sites for hydroxylation is 1. The van der Waals surface area contributed by atoms with Gasteiger partial charge in [-0.3, -0.25) is 4.98 Å². The second kappa shape index (κ2) is 8.19. The zero-order valence-electron chi connectivity index (χ0n) is 13.8. The summed E-state index contributed by atoms with van der Waals surface area (Å²) in [5, 5.41) is 4.91. The third kappa shape index (κ3) is 4.41. The maximum atomic E-state index is 12.0. The number of hydrogen-bond acceptors (Lipinski definition) is 4. The summed E-state index contributed by atoms with van der Waals surface area (Å²) in [5.41, 5.74) is 4.01. The van der Waals surface area contributed by atoms with Crippen LogP contribution in [0.4, 0.5) is 11.4 Å². The minimum Gasteiger partial charge on any atom is -1.00 e. The fourth-order valence-corrected chi connectivity index (χ4v) is 2.62. The van der Waals surface area contributed by atoms with Gasteiger partial charge >= 0.3 is 5.97 Å². The largest absolute Gasteiger partial charge is 1.00 e. The number of hydrogen-bond donors (Lipinski definition) is 1. The second-order valence-electron chi connectivity index (χ2n) is 5.40. The Balaban J connectivity index is 0.00000225. The third-order valence-corrected chi connectivity index (χ3v) is 3.82. The minimum absolute atomic E-state index is 0. The van der Waals surface area contributed by atoms with E-state index in [1.165, 1.54) is 0 Å². The van der Waals surface area contributed by atoms with Gasteiger partial charge in [0.1, 0.15) is 0 Å². The zero-order valence-corrected chi connectivity index (χ0v) is 15.4. The number of rotatable bonds is 4. The first kappa shape index (κ1) is 19.0. The molecule has 3 aromatic rings. The SMILES string of the molecule is CCOC(=O)c1ccc2nc(C)cc(Nc3ccc(Cl)cc3)c2c1.[Cl-]. The number of carbonyl (C=O) groups excluding carboxylic acids is 1. The molecule has 130 valence electrons. The van der Waals surface area contributed by atoms with E-state index in [1.807, 2.05) is 43.3 Å². The van der Waals surface area contributed by atoms with Crippen molar-refractivity contribution in [2.24, 2.45) is 0 Å². The minimum atomic E-state index is -0.336. The molecular formula is C19H17Cl2N2O2-. The van der Waals surface area contributed by atoms with E-state index >= 15 is 0 Å². The van der Waals surface area contributed by atoms with Gasteiger partial charge in [-0.25, -0.2) is 4.79 Å². The van der Waals surface area contributed by atoms with Crippen molar-refractivity contribution in [1.29, 1.82) is 0 Å². The van der Waals surface area contributed by atoms with E-state index in [1.54, 1.807) is 19.1 Å². The summed E-state index contributed by atoms with van der Waals surface area (Å²) >= 11 is 5.93. The smallest absolute Gasteiger partial charge is 0.338 e. The summed E-state index contributed by atoms with van der Waals surface area (Å²) in [6, 6.07) is 14.8. The lowest BCUT2D eigenvalue weighted by atomic mass is 10.1. The van der Waals surface area contributed by atoms with Crippen molar-refractivity contribution in [3.05, 3.63) is 64.8 Å². The van der Waals surface area contributed by atoms with E-state index < -0.39 is 0 Å². The number of nitrogens with zero attached hydrogens (tertiary/aromatic N) is 1. The summed E-state index contributed by atoms with van der Waals surface area (Å²) in [4.78, 5) is 16.5. The molecule has 0 spiro atoms. The Morgan fingerprint density at radius 1 is 1.16 bits per heavy atom. The molecule has 2 aromatic carbocycles. The average Bonchev–Trinajstić information content (AvgIpc) is 2.56. The van der Waals surface area contributed by atoms with Crippen LogP contribution in [-0.4, -0.2) is 17.6 Å². The third-order valence-electron chi connectivity index (χ3n) is 3.57. The van der Waals surface area contributed by atoms with Gasteiger partial charge in [-0.2, -0.15) is 0 Å². The summed E-state index contributed by atoms with van der Waals surface area (Å²) in [6.45, 7) is 4.07. The average molecular weight is 376 g/mol. The highest BCUT2D eigenvalue weighted by molar-refractivity contribution is 6.30. The first-order valence-corrected chi connectivity index (χ1v) is 8.05. The molecule has 25 heavy (non-hydrogen) atoms. The lowest BCUT2D eigenvalue weighted by Crippen LogP contribution is -3.00. The van der Waals surface area contributed by atoms with Crippen LogP contribution in [0.3, 0.4) is 0 Å². The van der Waals surface area contributed by atoms with Crippen LogP contribution in [0.5, 0.6) is 0 Å². The topological polar surface area (TPSA) is 51.2 Å². The van der Waals surface area contributed by atoms with E-state index in [0.29, 0.717) is 17.2 Å². The van der Waals surface area contributed by atoms with Gasteiger partial charge in [0.2, 0.25) is 0 Å². The molecule has 0 aliphatic heterocycles. The first-order valence-electron chi connectivity index (χ1n) is 7.68. The lowest BCUT2D eigenvalue weighted by molar-refractivity contribution is -0.0000228. The fraction of sp³-hybridized carbons (Fsp3) is 0.158. The molecule has 1 N–H and O–H groups in total. The molecule has 1 aromatic heterocycles. The molecule has 0 amide bonds. The number of aromatic nitrogens is 1. The van der Waals surface area contributed by atoms with Crippen LogP contribution in [0.1, 0.15) is 23.0 Å². The molecule has 1 heterocycles. The van der Waals surface area contributed by atoms with Gasteiger partial charge < -0.3 is 22.5 Å². The van der Waals surface area contributed by atoms with Crippen LogP contribution in [-0.2, 0) is 4.74 Å². The quantitative estimate of drug-likeness (QED) is 0.709. The van der Waals surface area contributed by atoms with Gasteiger partial charge in [-0.1, -0.05) is 11.6 Å². The maximum Gasteiger partial charge on any atom is 0.338 e. The Morgan fingerprint density at radius 3 is 2.56 bits per heavy atom. The number of anilines is 2. The van der Waals surface area contributed by atoms with Crippen LogP contribution in [0, 0.1) is 6.92 Å². The fourth-order valence-electron chi connectivity index (χ4n) is 2.49. The molecule has 3 rings (SSSR count). The summed E-state index contributed by atoms with van der Waals surface area (Å²) < 4.78 is 5.08. The molecule has 0 saturated heterocycles. The molecule has 4 nitrogen and oxygen atoms in total. The van der Waals surface area contributed by atoms with Crippen LogP contribution in [0.15, 0.2) is 48.5 Å². The Labute approximate surface area is 157 Å². The van der Waals surface area contributed by atoms with Gasteiger partial charge in [0, 0.05) is 27.5 Å². The van der Waals surface area contributed by atoms with E-state index in [4.69, 9.17) is 16.3 Å². The van der Waals surface area contributed by atoms with Gasteiger partial charge in [-0.05, 0) is 62.4 Å². The molecule has 0 saturated carbocycles. The normalized spacial score (nSPS) is 10.2. The van der Waals surface area contributed by atoms with Crippen molar-refractivity contribution in [2.75, 3.05) is 11.9 Å². The molecule has 0 bridgehead atoms. The molecule has 0 aliphatic rings. The molecule has 0 fully saturated rings. The predicted molar refractivity (Wildman–Crippen MR) is 97.2 cm³/mol. The van der Waals surface area contributed by atoms with Crippen molar-refractivity contribution < 1.29 is 21.9 Å². The predicted octanol–water partition coefficient (Wildman–Crippen LogP) is 2.12. The van der Waals surface area contributed by atoms with E-state index in [-0.39, 0.29) is 18.4 Å². The highest BCUT2D eigenvalue weighted by Gasteiger charge is 2.11. The number of ether oxygens (including phenoxy) is 1. The maximum absolute atomic E-state index is 12.0. The number of fused-ring (bicyclic) bond motifs is 1. The van der Waals surface area contributed by atoms with Crippen LogP contribution < -0.4 is 17.7 Å². The Morgan fingerprint density at radius 2 is 1.88 bits per heavy atom. The van der Waals surface area contributed by atoms with Crippen molar-refractivity contribution in [2.45, 2.75) is 13.8 Å². The van der Waals surface area contributed by atoms with Crippen molar-refractivity contribution in [3.63, 3.8) is 0 Å². The molecule has 0 aliphatic carbocycles. The highest BCUT2D eigenvalue weighted by atomic mass is 35.5. The molecule has 0 atom stereocenters. The first-order chi connectivity index (χ1) is 11.6. The van der Waals surface area contributed by atoms with E-state index in [2.05, 4.69) is 10.3 Å². The Hall–Kier alpha value is -2.30. The van der Waals surface area contributed by atoms with Crippen LogP contribution >= 0.6 is 11.6 Å². The van der Waals surface area contributed by atoms with Gasteiger partial charge in [0.25, 0.3) is 0 Å². The van der Waals surface area contributed by atoms with Gasteiger partial charge in [0.15, 0.2) is 0 Å². The molecular weight excluding hydrogens is 359 g/mol. The van der Waals surface area contributed by atoms with E-state index in [0.717, 1.165) is 28.0 Å². The highest BCUT2D eigenvalue weighted by Crippen LogP contribution is 2.28. The Kier molecular flexibility index (Phi) is 6.23. The van der Waals surface area contributed by atoms with Crippen molar-refractivity contribution >= 4 is 39.8 Å². The summed E-state index contributed by atoms with van der Waals surface area (Å²) in [7, 11) is 0. The van der Waals surface area contributed by atoms with Gasteiger partial charge in [-0.15, -0.1) is 0 Å². The van der Waals surface area contributed by atoms with E-state index in [9.17, 15) is 4.79 Å². The number of carbonyl (C=O) groups is 1.